The number of fused-ring (bicyclic) bond motifs is 5. The summed E-state index contributed by atoms with van der Waals surface area (Å²) < 4.78 is 6.57. The maximum Gasteiger partial charge on any atom is 0.158 e. The van der Waals surface area contributed by atoms with Gasteiger partial charge in [-0.3, -0.25) is 0 Å². The fraction of sp³-hybridized carbons (Fsp3) is 0. The number of nitrogens with one attached hydrogen (secondary N) is 1. The summed E-state index contributed by atoms with van der Waals surface area (Å²) in [5.41, 5.74) is 8.54. The Balaban J connectivity index is 1.43. The summed E-state index contributed by atoms with van der Waals surface area (Å²) >= 11 is 0. The minimum atomic E-state index is 0.870. The van der Waals surface area contributed by atoms with Crippen molar-refractivity contribution in [3.8, 4) is 22.3 Å². The van der Waals surface area contributed by atoms with Crippen LogP contribution < -0.4 is 5.32 Å². The van der Waals surface area contributed by atoms with E-state index in [0.29, 0.717) is 0 Å². The summed E-state index contributed by atoms with van der Waals surface area (Å²) in [5.74, 6) is 0. The first kappa shape index (κ1) is 20.5. The number of furan rings is 1. The van der Waals surface area contributed by atoms with E-state index in [0.717, 1.165) is 44.3 Å². The van der Waals surface area contributed by atoms with Crippen molar-refractivity contribution in [2.75, 3.05) is 5.32 Å². The van der Waals surface area contributed by atoms with Gasteiger partial charge in [0.05, 0.1) is 5.69 Å². The second-order valence-electron chi connectivity index (χ2n) is 9.10. The Kier molecular flexibility index (Phi) is 4.82. The molecule has 0 saturated heterocycles. The Labute approximate surface area is 209 Å². The Morgan fingerprint density at radius 1 is 0.417 bits per heavy atom. The first-order chi connectivity index (χ1) is 17.8. The SMILES string of the molecule is c1ccc(Nc2cc(-c3ccc(-c4ccccc4)cc3)cc3c2oc2c4ccccc4ccc32)cc1. The second-order valence-corrected chi connectivity index (χ2v) is 9.10. The van der Waals surface area contributed by atoms with Gasteiger partial charge in [-0.05, 0) is 58.0 Å². The third-order valence-corrected chi connectivity index (χ3v) is 6.84. The number of para-hydroxylation sites is 1. The highest BCUT2D eigenvalue weighted by atomic mass is 16.3. The van der Waals surface area contributed by atoms with E-state index in [-0.39, 0.29) is 0 Å². The predicted octanol–water partition coefficient (Wildman–Crippen LogP) is 9.82. The van der Waals surface area contributed by atoms with Crippen molar-refractivity contribution in [2.24, 2.45) is 0 Å². The van der Waals surface area contributed by atoms with Gasteiger partial charge in [0, 0.05) is 21.8 Å². The molecule has 0 atom stereocenters. The van der Waals surface area contributed by atoms with Gasteiger partial charge in [0.15, 0.2) is 5.58 Å². The summed E-state index contributed by atoms with van der Waals surface area (Å²) in [6.45, 7) is 0. The molecule has 1 heterocycles. The molecule has 2 heteroatoms. The van der Waals surface area contributed by atoms with Gasteiger partial charge in [0.1, 0.15) is 5.58 Å². The zero-order valence-corrected chi connectivity index (χ0v) is 19.6. The maximum absolute atomic E-state index is 6.57. The quantitative estimate of drug-likeness (QED) is 0.282. The number of rotatable bonds is 4. The molecule has 0 aliphatic rings. The lowest BCUT2D eigenvalue weighted by Gasteiger charge is -2.11. The van der Waals surface area contributed by atoms with Crippen molar-refractivity contribution >= 4 is 44.1 Å². The summed E-state index contributed by atoms with van der Waals surface area (Å²) in [6, 6.07) is 46.7. The molecule has 0 unspecified atom stereocenters. The summed E-state index contributed by atoms with van der Waals surface area (Å²) in [5, 5.41) is 8.16. The molecule has 7 rings (SSSR count). The standard InChI is InChI=1S/C34H23NO/c1-3-9-23(10-4-1)24-15-17-25(18-16-24)27-21-31-30-20-19-26-11-7-8-14-29(26)33(30)36-34(31)32(22-27)35-28-12-5-2-6-13-28/h1-22,35H. The summed E-state index contributed by atoms with van der Waals surface area (Å²) in [4.78, 5) is 0. The minimum absolute atomic E-state index is 0.870. The van der Waals surface area contributed by atoms with Crippen LogP contribution in [0.5, 0.6) is 0 Å². The molecule has 6 aromatic carbocycles. The fourth-order valence-electron chi connectivity index (χ4n) is 5.03. The lowest BCUT2D eigenvalue weighted by atomic mass is 9.98. The van der Waals surface area contributed by atoms with Gasteiger partial charge in [-0.25, -0.2) is 0 Å². The molecule has 36 heavy (non-hydrogen) atoms. The normalized spacial score (nSPS) is 11.3. The molecule has 0 saturated carbocycles. The summed E-state index contributed by atoms with van der Waals surface area (Å²) in [6.07, 6.45) is 0. The molecule has 1 N–H and O–H groups in total. The topological polar surface area (TPSA) is 25.2 Å². The van der Waals surface area contributed by atoms with E-state index in [1.807, 2.05) is 24.3 Å². The van der Waals surface area contributed by atoms with Crippen LogP contribution in [0.2, 0.25) is 0 Å². The molecule has 1 aromatic heterocycles. The summed E-state index contributed by atoms with van der Waals surface area (Å²) in [7, 11) is 0. The van der Waals surface area contributed by atoms with Crippen molar-refractivity contribution in [2.45, 2.75) is 0 Å². The molecule has 0 amide bonds. The highest BCUT2D eigenvalue weighted by Crippen LogP contribution is 2.41. The maximum atomic E-state index is 6.57. The third-order valence-electron chi connectivity index (χ3n) is 6.84. The van der Waals surface area contributed by atoms with Crippen LogP contribution >= 0.6 is 0 Å². The smallest absolute Gasteiger partial charge is 0.158 e. The lowest BCUT2D eigenvalue weighted by molar-refractivity contribution is 0.674. The number of anilines is 2. The van der Waals surface area contributed by atoms with Crippen molar-refractivity contribution in [1.82, 2.24) is 0 Å². The van der Waals surface area contributed by atoms with Crippen LogP contribution in [0.1, 0.15) is 0 Å². The van der Waals surface area contributed by atoms with E-state index in [2.05, 4.69) is 115 Å². The third kappa shape index (κ3) is 3.52. The van der Waals surface area contributed by atoms with Crippen LogP contribution in [-0.4, -0.2) is 0 Å². The van der Waals surface area contributed by atoms with Gasteiger partial charge in [0.25, 0.3) is 0 Å². The van der Waals surface area contributed by atoms with Crippen LogP contribution in [0.15, 0.2) is 138 Å². The average molecular weight is 462 g/mol. The monoisotopic (exact) mass is 461 g/mol. The average Bonchev–Trinajstić information content (AvgIpc) is 3.34. The minimum Gasteiger partial charge on any atom is -0.453 e. The molecule has 0 radical (unpaired) electrons. The van der Waals surface area contributed by atoms with Crippen LogP contribution in [0.4, 0.5) is 11.4 Å². The van der Waals surface area contributed by atoms with Crippen molar-refractivity contribution in [3.05, 3.63) is 133 Å². The Morgan fingerprint density at radius 2 is 1.06 bits per heavy atom. The zero-order valence-electron chi connectivity index (χ0n) is 19.6. The van der Waals surface area contributed by atoms with Gasteiger partial charge in [-0.15, -0.1) is 0 Å². The van der Waals surface area contributed by atoms with Gasteiger partial charge in [-0.2, -0.15) is 0 Å². The molecule has 0 bridgehead atoms. The van der Waals surface area contributed by atoms with Crippen LogP contribution in [0.3, 0.4) is 0 Å². The molecule has 170 valence electrons. The molecule has 0 aliphatic heterocycles. The first-order valence-electron chi connectivity index (χ1n) is 12.2. The van der Waals surface area contributed by atoms with Crippen LogP contribution in [-0.2, 0) is 0 Å². The number of hydrogen-bond donors (Lipinski definition) is 1. The van der Waals surface area contributed by atoms with E-state index in [1.54, 1.807) is 0 Å². The molecular formula is C34H23NO. The molecule has 2 nitrogen and oxygen atoms in total. The lowest BCUT2D eigenvalue weighted by Crippen LogP contribution is -1.91. The van der Waals surface area contributed by atoms with E-state index in [9.17, 15) is 0 Å². The van der Waals surface area contributed by atoms with Crippen molar-refractivity contribution < 1.29 is 4.42 Å². The molecule has 0 aliphatic carbocycles. The van der Waals surface area contributed by atoms with Gasteiger partial charge in [0.2, 0.25) is 0 Å². The van der Waals surface area contributed by atoms with E-state index in [4.69, 9.17) is 4.42 Å². The van der Waals surface area contributed by atoms with Gasteiger partial charge >= 0.3 is 0 Å². The number of hydrogen-bond acceptors (Lipinski definition) is 2. The highest BCUT2D eigenvalue weighted by molar-refractivity contribution is 6.18. The Bertz CT molecular complexity index is 1830. The van der Waals surface area contributed by atoms with E-state index < -0.39 is 0 Å². The largest absolute Gasteiger partial charge is 0.453 e. The van der Waals surface area contributed by atoms with Crippen molar-refractivity contribution in [3.63, 3.8) is 0 Å². The Hall–Kier alpha value is -4.82. The first-order valence-corrected chi connectivity index (χ1v) is 12.2. The van der Waals surface area contributed by atoms with E-state index in [1.165, 1.54) is 22.1 Å². The number of benzene rings is 6. The molecule has 7 aromatic rings. The van der Waals surface area contributed by atoms with Crippen molar-refractivity contribution in [1.29, 1.82) is 0 Å². The Morgan fingerprint density at radius 3 is 1.83 bits per heavy atom. The second kappa shape index (κ2) is 8.44. The van der Waals surface area contributed by atoms with Crippen LogP contribution in [0.25, 0.3) is 55.0 Å². The zero-order chi connectivity index (χ0) is 23.9. The predicted molar refractivity (Wildman–Crippen MR) is 152 cm³/mol. The van der Waals surface area contributed by atoms with Crippen LogP contribution in [0, 0.1) is 0 Å². The fourth-order valence-corrected chi connectivity index (χ4v) is 5.03. The van der Waals surface area contributed by atoms with E-state index >= 15 is 0 Å². The molecular weight excluding hydrogens is 438 g/mol. The molecule has 0 fully saturated rings. The van der Waals surface area contributed by atoms with Gasteiger partial charge < -0.3 is 9.73 Å². The molecule has 0 spiro atoms. The van der Waals surface area contributed by atoms with Gasteiger partial charge in [-0.1, -0.05) is 103 Å². The highest BCUT2D eigenvalue weighted by Gasteiger charge is 2.16.